The third kappa shape index (κ3) is 8.31. The average Bonchev–Trinajstić information content (AvgIpc) is 2.63. The maximum atomic E-state index is 11.9. The van der Waals surface area contributed by atoms with Crippen molar-refractivity contribution in [2.24, 2.45) is 0 Å². The van der Waals surface area contributed by atoms with Gasteiger partial charge in [0.05, 0.1) is 0 Å². The lowest BCUT2D eigenvalue weighted by Gasteiger charge is -2.22. The molecule has 0 radical (unpaired) electrons. The van der Waals surface area contributed by atoms with E-state index in [4.69, 9.17) is 9.47 Å². The van der Waals surface area contributed by atoms with Crippen LogP contribution in [0, 0.1) is 3.57 Å². The molecule has 0 heterocycles. The lowest BCUT2D eigenvalue weighted by molar-refractivity contribution is -0.139. The summed E-state index contributed by atoms with van der Waals surface area (Å²) in [6.07, 6.45) is -0.0857. The van der Waals surface area contributed by atoms with Gasteiger partial charge in [0.25, 0.3) is 0 Å². The number of hydrogen-bond donors (Lipinski definition) is 2. The van der Waals surface area contributed by atoms with Crippen LogP contribution in [-0.4, -0.2) is 28.8 Å². The molecule has 2 rings (SSSR count). The fourth-order valence-electron chi connectivity index (χ4n) is 2.63. The molecule has 0 spiro atoms. The van der Waals surface area contributed by atoms with Gasteiger partial charge in [-0.3, -0.25) is 0 Å². The van der Waals surface area contributed by atoms with Crippen molar-refractivity contribution in [1.29, 1.82) is 0 Å². The fourth-order valence-corrected chi connectivity index (χ4v) is 3.18. The van der Waals surface area contributed by atoms with E-state index in [1.165, 1.54) is 0 Å². The quantitative estimate of drug-likeness (QED) is 0.499. The average molecular weight is 511 g/mol. The first-order chi connectivity index (χ1) is 13.6. The summed E-state index contributed by atoms with van der Waals surface area (Å²) in [7, 11) is 0. The molecule has 0 bridgehead atoms. The number of carbonyl (C=O) groups excluding carboxylic acids is 1. The van der Waals surface area contributed by atoms with Gasteiger partial charge in [0.15, 0.2) is 0 Å². The molecule has 2 aromatic carbocycles. The van der Waals surface area contributed by atoms with Crippen molar-refractivity contribution in [3.8, 4) is 5.75 Å². The van der Waals surface area contributed by atoms with Crippen LogP contribution in [0.1, 0.15) is 38.3 Å². The first-order valence-electron chi connectivity index (χ1n) is 9.31. The Labute approximate surface area is 184 Å². The summed E-state index contributed by atoms with van der Waals surface area (Å²) >= 11 is 2.21. The number of carbonyl (C=O) groups is 2. The Morgan fingerprint density at radius 1 is 1.14 bits per heavy atom. The van der Waals surface area contributed by atoms with Crippen LogP contribution in [0.4, 0.5) is 4.79 Å². The van der Waals surface area contributed by atoms with E-state index in [1.807, 2.05) is 48.5 Å². The predicted octanol–water partition coefficient (Wildman–Crippen LogP) is 4.78. The molecule has 0 unspecified atom stereocenters. The van der Waals surface area contributed by atoms with Crippen molar-refractivity contribution in [2.45, 2.75) is 51.9 Å². The second-order valence-corrected chi connectivity index (χ2v) is 8.85. The maximum Gasteiger partial charge on any atom is 0.408 e. The van der Waals surface area contributed by atoms with E-state index in [1.54, 1.807) is 20.8 Å². The first kappa shape index (κ1) is 23.0. The summed E-state index contributed by atoms with van der Waals surface area (Å²) < 4.78 is 12.1. The minimum Gasteiger partial charge on any atom is -0.489 e. The predicted molar refractivity (Wildman–Crippen MR) is 119 cm³/mol. The Kier molecular flexibility index (Phi) is 8.31. The molecule has 7 heteroatoms. The van der Waals surface area contributed by atoms with Gasteiger partial charge in [-0.2, -0.15) is 0 Å². The van der Waals surface area contributed by atoms with Crippen LogP contribution in [0.2, 0.25) is 0 Å². The van der Waals surface area contributed by atoms with Crippen LogP contribution < -0.4 is 10.1 Å². The number of aryl methyl sites for hydroxylation is 1. The highest BCUT2D eigenvalue weighted by molar-refractivity contribution is 14.1. The molecule has 0 aromatic heterocycles. The minimum absolute atomic E-state index is 0.219. The summed E-state index contributed by atoms with van der Waals surface area (Å²) in [5.74, 6) is -0.399. The number of amides is 1. The fraction of sp³-hybridized carbons (Fsp3) is 0.364. The van der Waals surface area contributed by atoms with Gasteiger partial charge in [-0.05, 0) is 85.5 Å². The monoisotopic (exact) mass is 511 g/mol. The standard InChI is InChI=1S/C22H26INO5/c1-22(2,3)29-21(27)24-18(20(25)26)11-9-16-13-17(23)10-12-19(16)28-14-15-7-5-4-6-8-15/h4-8,10,12-13,18H,9,11,14H2,1-3H3,(H,24,27)(H,25,26)/t18-/m0/s1. The van der Waals surface area contributed by atoms with E-state index in [0.29, 0.717) is 18.8 Å². The highest BCUT2D eigenvalue weighted by atomic mass is 127. The SMILES string of the molecule is CC(C)(C)OC(=O)N[C@@H](CCc1cc(I)ccc1OCc1ccccc1)C(=O)O. The lowest BCUT2D eigenvalue weighted by Crippen LogP contribution is -2.43. The smallest absolute Gasteiger partial charge is 0.408 e. The number of carboxylic acids is 1. The number of rotatable bonds is 8. The van der Waals surface area contributed by atoms with Crippen molar-refractivity contribution in [2.75, 3.05) is 0 Å². The molecule has 0 aliphatic heterocycles. The summed E-state index contributed by atoms with van der Waals surface area (Å²) in [6, 6.07) is 14.6. The van der Waals surface area contributed by atoms with Crippen molar-refractivity contribution >= 4 is 34.7 Å². The second-order valence-electron chi connectivity index (χ2n) is 7.60. The lowest BCUT2D eigenvalue weighted by atomic mass is 10.0. The number of hydrogen-bond acceptors (Lipinski definition) is 4. The number of ether oxygens (including phenoxy) is 2. The van der Waals surface area contributed by atoms with Gasteiger partial charge >= 0.3 is 12.1 Å². The van der Waals surface area contributed by atoms with Crippen molar-refractivity contribution in [3.05, 3.63) is 63.2 Å². The molecule has 0 aliphatic rings. The van der Waals surface area contributed by atoms with E-state index < -0.39 is 23.7 Å². The molecule has 1 amide bonds. The summed E-state index contributed by atoms with van der Waals surface area (Å²) in [5.41, 5.74) is 1.25. The van der Waals surface area contributed by atoms with Gasteiger partial charge < -0.3 is 19.9 Å². The van der Waals surface area contributed by atoms with E-state index in [-0.39, 0.29) is 6.42 Å². The van der Waals surface area contributed by atoms with Crippen LogP contribution in [0.3, 0.4) is 0 Å². The van der Waals surface area contributed by atoms with Crippen LogP contribution in [0.5, 0.6) is 5.75 Å². The van der Waals surface area contributed by atoms with Crippen LogP contribution >= 0.6 is 22.6 Å². The largest absolute Gasteiger partial charge is 0.489 e. The zero-order valence-corrected chi connectivity index (χ0v) is 18.9. The number of alkyl carbamates (subject to hydrolysis) is 1. The molecular weight excluding hydrogens is 485 g/mol. The summed E-state index contributed by atoms with van der Waals surface area (Å²) in [6.45, 7) is 5.60. The number of benzene rings is 2. The van der Waals surface area contributed by atoms with Crippen molar-refractivity contribution < 1.29 is 24.2 Å². The highest BCUT2D eigenvalue weighted by Gasteiger charge is 2.24. The van der Waals surface area contributed by atoms with Crippen LogP contribution in [0.15, 0.2) is 48.5 Å². The Balaban J connectivity index is 2.04. The van der Waals surface area contributed by atoms with Crippen LogP contribution in [0.25, 0.3) is 0 Å². The van der Waals surface area contributed by atoms with E-state index in [9.17, 15) is 14.7 Å². The van der Waals surface area contributed by atoms with E-state index in [0.717, 1.165) is 14.7 Å². The van der Waals surface area contributed by atoms with Crippen molar-refractivity contribution in [1.82, 2.24) is 5.32 Å². The molecule has 156 valence electrons. The molecule has 1 atom stereocenters. The third-order valence-electron chi connectivity index (χ3n) is 3.95. The Morgan fingerprint density at radius 2 is 1.83 bits per heavy atom. The zero-order chi connectivity index (χ0) is 21.4. The highest BCUT2D eigenvalue weighted by Crippen LogP contribution is 2.24. The minimum atomic E-state index is -1.10. The molecule has 6 nitrogen and oxygen atoms in total. The van der Waals surface area contributed by atoms with Gasteiger partial charge in [-0.1, -0.05) is 30.3 Å². The Morgan fingerprint density at radius 3 is 2.45 bits per heavy atom. The molecular formula is C22H26INO5. The molecule has 29 heavy (non-hydrogen) atoms. The number of aliphatic carboxylic acids is 1. The van der Waals surface area contributed by atoms with E-state index >= 15 is 0 Å². The number of halogens is 1. The topological polar surface area (TPSA) is 84.9 Å². The van der Waals surface area contributed by atoms with Crippen LogP contribution in [-0.2, 0) is 22.6 Å². The van der Waals surface area contributed by atoms with Gasteiger partial charge in [-0.15, -0.1) is 0 Å². The van der Waals surface area contributed by atoms with Crippen molar-refractivity contribution in [3.63, 3.8) is 0 Å². The maximum absolute atomic E-state index is 11.9. The molecule has 0 saturated heterocycles. The zero-order valence-electron chi connectivity index (χ0n) is 16.8. The van der Waals surface area contributed by atoms with E-state index in [2.05, 4.69) is 27.9 Å². The summed E-state index contributed by atoms with van der Waals surface area (Å²) in [4.78, 5) is 23.5. The summed E-state index contributed by atoms with van der Waals surface area (Å²) in [5, 5.41) is 11.9. The molecule has 2 aromatic rings. The molecule has 0 fully saturated rings. The van der Waals surface area contributed by atoms with Gasteiger partial charge in [0.2, 0.25) is 0 Å². The normalized spacial score (nSPS) is 12.1. The Bertz CT molecular complexity index is 833. The number of carboxylic acid groups (broad SMARTS) is 1. The molecule has 0 aliphatic carbocycles. The van der Waals surface area contributed by atoms with Gasteiger partial charge in [0, 0.05) is 3.57 Å². The van der Waals surface area contributed by atoms with Gasteiger partial charge in [0.1, 0.15) is 24.0 Å². The number of nitrogens with one attached hydrogen (secondary N) is 1. The molecule has 2 N–H and O–H groups in total. The third-order valence-corrected chi connectivity index (χ3v) is 4.62. The first-order valence-corrected chi connectivity index (χ1v) is 10.4. The second kappa shape index (κ2) is 10.5. The Hall–Kier alpha value is -2.29. The molecule has 0 saturated carbocycles. The van der Waals surface area contributed by atoms with Gasteiger partial charge in [-0.25, -0.2) is 9.59 Å².